The lowest BCUT2D eigenvalue weighted by Crippen LogP contribution is -2.35. The molecule has 0 aliphatic heterocycles. The van der Waals surface area contributed by atoms with E-state index in [4.69, 9.17) is 0 Å². The summed E-state index contributed by atoms with van der Waals surface area (Å²) in [7, 11) is -0.290. The van der Waals surface area contributed by atoms with Gasteiger partial charge in [0.2, 0.25) is 0 Å². The van der Waals surface area contributed by atoms with E-state index in [0.717, 1.165) is 9.87 Å². The molecule has 0 radical (unpaired) electrons. The predicted octanol–water partition coefficient (Wildman–Crippen LogP) is 1.49. The van der Waals surface area contributed by atoms with Gasteiger partial charge in [0.1, 0.15) is 0 Å². The zero-order valence-corrected chi connectivity index (χ0v) is 10.9. The third kappa shape index (κ3) is 5.12. The maximum absolute atomic E-state index is 11.4. The average Bonchev–Trinajstić information content (AvgIpc) is 2.29. The van der Waals surface area contributed by atoms with E-state index in [1.54, 1.807) is 0 Å². The van der Waals surface area contributed by atoms with Gasteiger partial charge in [0.05, 0.1) is 0 Å². The molecular formula is C12H18N2O2S. The molecule has 17 heavy (non-hydrogen) atoms. The highest BCUT2D eigenvalue weighted by Crippen LogP contribution is 2.01. The molecule has 94 valence electrons. The average molecular weight is 254 g/mol. The Labute approximate surface area is 103 Å². The van der Waals surface area contributed by atoms with Crippen molar-refractivity contribution in [2.75, 3.05) is 20.6 Å². The van der Waals surface area contributed by atoms with E-state index in [1.807, 2.05) is 42.5 Å². The fourth-order valence-electron chi connectivity index (χ4n) is 1.18. The molecule has 1 aromatic carbocycles. The first-order chi connectivity index (χ1) is 8.02. The number of hydrogen-bond donors (Lipinski definition) is 1. The van der Waals surface area contributed by atoms with Gasteiger partial charge in [0.15, 0.2) is 0 Å². The Morgan fingerprint density at radius 3 is 2.47 bits per heavy atom. The van der Waals surface area contributed by atoms with Crippen LogP contribution in [-0.4, -0.2) is 33.4 Å². The van der Waals surface area contributed by atoms with Crippen molar-refractivity contribution in [1.29, 1.82) is 0 Å². The van der Waals surface area contributed by atoms with Crippen LogP contribution >= 0.6 is 0 Å². The van der Waals surface area contributed by atoms with Crippen molar-refractivity contribution in [2.45, 2.75) is 6.42 Å². The summed E-state index contributed by atoms with van der Waals surface area (Å²) in [6.45, 7) is 0.407. The highest BCUT2D eigenvalue weighted by Gasteiger charge is 2.10. The lowest BCUT2D eigenvalue weighted by Gasteiger charge is -2.11. The summed E-state index contributed by atoms with van der Waals surface area (Å²) >= 11 is 0. The zero-order valence-electron chi connectivity index (χ0n) is 10.1. The third-order valence-electron chi connectivity index (χ3n) is 2.19. The van der Waals surface area contributed by atoms with Crippen molar-refractivity contribution < 1.29 is 8.42 Å². The van der Waals surface area contributed by atoms with Crippen LogP contribution in [0.15, 0.2) is 36.4 Å². The van der Waals surface area contributed by atoms with E-state index < -0.39 is 10.2 Å². The third-order valence-corrected chi connectivity index (χ3v) is 3.72. The molecule has 0 fully saturated rings. The van der Waals surface area contributed by atoms with Crippen molar-refractivity contribution in [3.05, 3.63) is 42.0 Å². The maximum atomic E-state index is 11.4. The monoisotopic (exact) mass is 254 g/mol. The molecule has 0 aliphatic rings. The van der Waals surface area contributed by atoms with E-state index in [-0.39, 0.29) is 0 Å². The normalized spacial score (nSPS) is 12.4. The largest absolute Gasteiger partial charge is 0.278 e. The molecule has 0 saturated carbocycles. The fourth-order valence-corrected chi connectivity index (χ4v) is 1.82. The van der Waals surface area contributed by atoms with Crippen molar-refractivity contribution in [2.24, 2.45) is 0 Å². The SMILES string of the molecule is CN(C)S(=O)(=O)NCC/C=C/c1ccccc1. The topological polar surface area (TPSA) is 49.4 Å². The number of nitrogens with zero attached hydrogens (tertiary/aromatic N) is 1. The molecule has 5 heteroatoms. The number of hydrogen-bond acceptors (Lipinski definition) is 2. The number of benzene rings is 1. The molecule has 4 nitrogen and oxygen atoms in total. The molecule has 0 spiro atoms. The van der Waals surface area contributed by atoms with E-state index in [2.05, 4.69) is 4.72 Å². The van der Waals surface area contributed by atoms with Gasteiger partial charge in [-0.1, -0.05) is 42.5 Å². The van der Waals surface area contributed by atoms with Crippen LogP contribution in [0.5, 0.6) is 0 Å². The number of nitrogens with one attached hydrogen (secondary N) is 1. The zero-order chi connectivity index (χ0) is 12.7. The molecule has 0 aromatic heterocycles. The standard InChI is InChI=1S/C12H18N2O2S/c1-14(2)17(15,16)13-11-7-6-10-12-8-4-3-5-9-12/h3-6,8-10,13H,7,11H2,1-2H3/b10-6+. The summed E-state index contributed by atoms with van der Waals surface area (Å²) in [6, 6.07) is 9.90. The minimum absolute atomic E-state index is 0.407. The van der Waals surface area contributed by atoms with Crippen LogP contribution in [0.2, 0.25) is 0 Å². The van der Waals surface area contributed by atoms with Gasteiger partial charge in [0.25, 0.3) is 10.2 Å². The second-order valence-corrected chi connectivity index (χ2v) is 5.75. The summed E-state index contributed by atoms with van der Waals surface area (Å²) in [5.41, 5.74) is 1.11. The smallest absolute Gasteiger partial charge is 0.202 e. The van der Waals surface area contributed by atoms with Gasteiger partial charge in [0, 0.05) is 20.6 Å². The quantitative estimate of drug-likeness (QED) is 0.782. The molecule has 1 rings (SSSR count). The molecule has 0 bridgehead atoms. The molecule has 1 N–H and O–H groups in total. The van der Waals surface area contributed by atoms with Crippen LogP contribution < -0.4 is 4.72 Å². The molecule has 0 amide bonds. The Bertz CT molecular complexity index is 453. The molecule has 0 saturated heterocycles. The molecule has 0 unspecified atom stereocenters. The van der Waals surface area contributed by atoms with Gasteiger partial charge in [-0.3, -0.25) is 0 Å². The first-order valence-electron chi connectivity index (χ1n) is 5.41. The molecule has 0 aliphatic carbocycles. The van der Waals surface area contributed by atoms with E-state index >= 15 is 0 Å². The Kier molecular flexibility index (Phi) is 5.34. The van der Waals surface area contributed by atoms with Crippen LogP contribution in [0.1, 0.15) is 12.0 Å². The van der Waals surface area contributed by atoms with Gasteiger partial charge < -0.3 is 0 Å². The summed E-state index contributed by atoms with van der Waals surface area (Å²) < 4.78 is 26.4. The van der Waals surface area contributed by atoms with Gasteiger partial charge >= 0.3 is 0 Å². The van der Waals surface area contributed by atoms with E-state index in [0.29, 0.717) is 13.0 Å². The van der Waals surface area contributed by atoms with Crippen molar-refractivity contribution in [3.8, 4) is 0 Å². The van der Waals surface area contributed by atoms with Gasteiger partial charge in [-0.25, -0.2) is 4.72 Å². The summed E-state index contributed by atoms with van der Waals surface area (Å²) in [4.78, 5) is 0. The van der Waals surface area contributed by atoms with Gasteiger partial charge in [-0.15, -0.1) is 0 Å². The molecule has 0 atom stereocenters. The van der Waals surface area contributed by atoms with E-state index in [1.165, 1.54) is 14.1 Å². The highest BCUT2D eigenvalue weighted by atomic mass is 32.2. The fraction of sp³-hybridized carbons (Fsp3) is 0.333. The van der Waals surface area contributed by atoms with Crippen LogP contribution in [0, 0.1) is 0 Å². The second-order valence-electron chi connectivity index (χ2n) is 3.78. The first-order valence-corrected chi connectivity index (χ1v) is 6.85. The van der Waals surface area contributed by atoms with Crippen molar-refractivity contribution >= 4 is 16.3 Å². The lowest BCUT2D eigenvalue weighted by atomic mass is 10.2. The van der Waals surface area contributed by atoms with E-state index in [9.17, 15) is 8.42 Å². The Hall–Kier alpha value is -1.17. The van der Waals surface area contributed by atoms with Crippen LogP contribution in [0.3, 0.4) is 0 Å². The minimum Gasteiger partial charge on any atom is -0.202 e. The Morgan fingerprint density at radius 2 is 1.88 bits per heavy atom. The molecular weight excluding hydrogens is 236 g/mol. The maximum Gasteiger partial charge on any atom is 0.278 e. The summed E-state index contributed by atoms with van der Waals surface area (Å²) in [5, 5.41) is 0. The summed E-state index contributed by atoms with van der Waals surface area (Å²) in [5.74, 6) is 0. The second kappa shape index (κ2) is 6.54. The van der Waals surface area contributed by atoms with Crippen LogP contribution in [0.4, 0.5) is 0 Å². The summed E-state index contributed by atoms with van der Waals surface area (Å²) in [6.07, 6.45) is 4.60. The first kappa shape index (κ1) is 13.9. The van der Waals surface area contributed by atoms with Crippen LogP contribution in [0.25, 0.3) is 6.08 Å². The van der Waals surface area contributed by atoms with Crippen molar-refractivity contribution in [3.63, 3.8) is 0 Å². The molecule has 0 heterocycles. The van der Waals surface area contributed by atoms with Gasteiger partial charge in [-0.2, -0.15) is 12.7 Å². The highest BCUT2D eigenvalue weighted by molar-refractivity contribution is 7.87. The lowest BCUT2D eigenvalue weighted by molar-refractivity contribution is 0.506. The van der Waals surface area contributed by atoms with Gasteiger partial charge in [-0.05, 0) is 12.0 Å². The molecule has 1 aromatic rings. The minimum atomic E-state index is -3.29. The predicted molar refractivity (Wildman–Crippen MR) is 70.7 cm³/mol. The number of rotatable bonds is 6. The Balaban J connectivity index is 2.32. The Morgan fingerprint density at radius 1 is 1.24 bits per heavy atom. The van der Waals surface area contributed by atoms with Crippen LogP contribution in [-0.2, 0) is 10.2 Å². The van der Waals surface area contributed by atoms with Crippen molar-refractivity contribution in [1.82, 2.24) is 9.03 Å².